The quantitative estimate of drug-likeness (QED) is 0.634. The summed E-state index contributed by atoms with van der Waals surface area (Å²) in [4.78, 5) is 42.4. The first-order valence-corrected chi connectivity index (χ1v) is 12.2. The van der Waals surface area contributed by atoms with E-state index in [1.165, 1.54) is 11.3 Å². The van der Waals surface area contributed by atoms with Gasteiger partial charge in [-0.15, -0.1) is 21.5 Å². The second kappa shape index (κ2) is 9.81. The summed E-state index contributed by atoms with van der Waals surface area (Å²) in [5.41, 5.74) is -0.852. The largest absolute Gasteiger partial charge is 0.418 e. The Morgan fingerprint density at radius 1 is 1.22 bits per heavy atom. The van der Waals surface area contributed by atoms with Crippen LogP contribution in [0.5, 0.6) is 0 Å². The number of urea groups is 1. The lowest BCUT2D eigenvalue weighted by molar-refractivity contribution is -0.139. The van der Waals surface area contributed by atoms with Gasteiger partial charge in [-0.25, -0.2) is 4.79 Å². The van der Waals surface area contributed by atoms with Gasteiger partial charge in [0.2, 0.25) is 11.8 Å². The van der Waals surface area contributed by atoms with Crippen LogP contribution in [0, 0.1) is 0 Å². The molecule has 1 saturated heterocycles. The molecule has 2 fully saturated rings. The number of aromatic nitrogens is 2. The first-order chi connectivity index (χ1) is 15.5. The average Bonchev–Trinajstić information content (AvgIpc) is 3.48. The molecule has 1 N–H and O–H groups in total. The smallest absolute Gasteiger partial charge is 0.325 e. The first-order valence-electron chi connectivity index (χ1n) is 11.3. The van der Waals surface area contributed by atoms with E-state index in [0.29, 0.717) is 31.2 Å². The molecule has 0 unspecified atom stereocenters. The van der Waals surface area contributed by atoms with Gasteiger partial charge < -0.3 is 14.6 Å². The average molecular weight is 460 g/mol. The van der Waals surface area contributed by atoms with Crippen LogP contribution < -0.4 is 5.32 Å². The van der Waals surface area contributed by atoms with Gasteiger partial charge in [-0.2, -0.15) is 0 Å². The summed E-state index contributed by atoms with van der Waals surface area (Å²) in [6.07, 6.45) is 7.08. The van der Waals surface area contributed by atoms with E-state index in [9.17, 15) is 14.4 Å². The lowest BCUT2D eigenvalue weighted by Gasteiger charge is -2.29. The van der Waals surface area contributed by atoms with Crippen molar-refractivity contribution in [1.82, 2.24) is 25.3 Å². The van der Waals surface area contributed by atoms with Gasteiger partial charge in [0.15, 0.2) is 0 Å². The molecule has 3 heterocycles. The Labute approximate surface area is 191 Å². The first kappa shape index (κ1) is 22.4. The third kappa shape index (κ3) is 4.69. The van der Waals surface area contributed by atoms with Crippen LogP contribution in [0.25, 0.3) is 10.8 Å². The van der Waals surface area contributed by atoms with E-state index in [4.69, 9.17) is 4.42 Å². The Morgan fingerprint density at radius 3 is 2.66 bits per heavy atom. The molecule has 0 atom stereocenters. The number of hydrogen-bond donors (Lipinski definition) is 1. The number of imide groups is 1. The molecule has 10 heteroatoms. The summed E-state index contributed by atoms with van der Waals surface area (Å²) in [5, 5.41) is 13.0. The van der Waals surface area contributed by atoms with Gasteiger partial charge in [0.05, 0.1) is 11.4 Å². The standard InChI is InChI=1S/C22H29N5O4S/c1-2-12-26(14-17-24-25-19(31-17)16-9-8-13-32-16)18(28)15-27-20(29)22(23-21(27)30)10-6-4-3-5-7-11-22/h8-9,13H,2-7,10-12,14-15H2,1H3,(H,23,30). The van der Waals surface area contributed by atoms with Crippen molar-refractivity contribution in [1.29, 1.82) is 0 Å². The minimum absolute atomic E-state index is 0.139. The topological polar surface area (TPSA) is 109 Å². The second-order valence-corrected chi connectivity index (χ2v) is 9.41. The summed E-state index contributed by atoms with van der Waals surface area (Å²) in [6.45, 7) is 2.28. The van der Waals surface area contributed by atoms with Crippen molar-refractivity contribution in [3.8, 4) is 10.8 Å². The molecule has 2 aliphatic rings. The van der Waals surface area contributed by atoms with Crippen molar-refractivity contribution in [2.24, 2.45) is 0 Å². The lowest BCUT2D eigenvalue weighted by atomic mass is 9.84. The predicted octanol–water partition coefficient (Wildman–Crippen LogP) is 3.57. The molecule has 32 heavy (non-hydrogen) atoms. The second-order valence-electron chi connectivity index (χ2n) is 8.46. The summed E-state index contributed by atoms with van der Waals surface area (Å²) in [7, 11) is 0. The Bertz CT molecular complexity index is 949. The maximum atomic E-state index is 13.2. The van der Waals surface area contributed by atoms with E-state index in [1.54, 1.807) is 4.90 Å². The number of thiophene rings is 1. The highest BCUT2D eigenvalue weighted by molar-refractivity contribution is 7.13. The zero-order valence-corrected chi connectivity index (χ0v) is 19.2. The van der Waals surface area contributed by atoms with Gasteiger partial charge in [-0.05, 0) is 30.7 Å². The van der Waals surface area contributed by atoms with Crippen molar-refractivity contribution in [2.75, 3.05) is 13.1 Å². The van der Waals surface area contributed by atoms with Crippen molar-refractivity contribution in [2.45, 2.75) is 70.4 Å². The van der Waals surface area contributed by atoms with Crippen molar-refractivity contribution in [3.63, 3.8) is 0 Å². The van der Waals surface area contributed by atoms with Crippen LogP contribution in [0.1, 0.15) is 64.2 Å². The fraction of sp³-hybridized carbons (Fsp3) is 0.591. The molecule has 4 amide bonds. The van der Waals surface area contributed by atoms with Gasteiger partial charge in [0.1, 0.15) is 12.1 Å². The van der Waals surface area contributed by atoms with Gasteiger partial charge in [0, 0.05) is 6.54 Å². The fourth-order valence-corrected chi connectivity index (χ4v) is 5.09. The SMILES string of the molecule is CCCN(Cc1nnc(-c2cccs2)o1)C(=O)CN1C(=O)NC2(CCCCCCC2)C1=O. The molecular formula is C22H29N5O4S. The van der Waals surface area contributed by atoms with Crippen LogP contribution in [0.2, 0.25) is 0 Å². The number of carbonyl (C=O) groups excluding carboxylic acids is 3. The highest BCUT2D eigenvalue weighted by atomic mass is 32.1. The minimum Gasteiger partial charge on any atom is -0.418 e. The molecule has 9 nitrogen and oxygen atoms in total. The van der Waals surface area contributed by atoms with Gasteiger partial charge in [-0.1, -0.05) is 45.1 Å². The molecule has 0 bridgehead atoms. The Balaban J connectivity index is 1.43. The van der Waals surface area contributed by atoms with Gasteiger partial charge >= 0.3 is 6.03 Å². The maximum absolute atomic E-state index is 13.2. The van der Waals surface area contributed by atoms with Gasteiger partial charge in [-0.3, -0.25) is 14.5 Å². The molecule has 4 rings (SSSR count). The summed E-state index contributed by atoms with van der Waals surface area (Å²) in [5.74, 6) is 0.157. The van der Waals surface area contributed by atoms with E-state index in [-0.39, 0.29) is 24.9 Å². The van der Waals surface area contributed by atoms with Crippen molar-refractivity contribution >= 4 is 29.2 Å². The van der Waals surface area contributed by atoms with Crippen LogP contribution in [-0.2, 0) is 16.1 Å². The zero-order valence-electron chi connectivity index (χ0n) is 18.3. The molecule has 1 saturated carbocycles. The fourth-order valence-electron chi connectivity index (χ4n) is 4.45. The highest BCUT2D eigenvalue weighted by Gasteiger charge is 2.51. The molecule has 1 spiro atoms. The molecule has 2 aromatic rings. The predicted molar refractivity (Wildman–Crippen MR) is 119 cm³/mol. The van der Waals surface area contributed by atoms with Crippen LogP contribution in [0.3, 0.4) is 0 Å². The number of nitrogens with zero attached hydrogens (tertiary/aromatic N) is 4. The van der Waals surface area contributed by atoms with Crippen molar-refractivity contribution < 1.29 is 18.8 Å². The Hall–Kier alpha value is -2.75. The molecule has 2 aromatic heterocycles. The summed E-state index contributed by atoms with van der Waals surface area (Å²) >= 11 is 1.49. The molecule has 1 aliphatic carbocycles. The summed E-state index contributed by atoms with van der Waals surface area (Å²) in [6, 6.07) is 3.32. The number of carbonyl (C=O) groups is 3. The Morgan fingerprint density at radius 2 is 1.97 bits per heavy atom. The zero-order chi connectivity index (χ0) is 22.6. The van der Waals surface area contributed by atoms with E-state index < -0.39 is 11.6 Å². The summed E-state index contributed by atoms with van der Waals surface area (Å²) < 4.78 is 5.72. The number of hydrogen-bond acceptors (Lipinski definition) is 7. The Kier molecular flexibility index (Phi) is 6.88. The van der Waals surface area contributed by atoms with Gasteiger partial charge in [0.25, 0.3) is 11.8 Å². The number of amides is 4. The van der Waals surface area contributed by atoms with Crippen molar-refractivity contribution in [3.05, 3.63) is 23.4 Å². The highest BCUT2D eigenvalue weighted by Crippen LogP contribution is 2.32. The molecule has 0 aromatic carbocycles. The normalized spacial score (nSPS) is 18.5. The maximum Gasteiger partial charge on any atom is 0.325 e. The molecular weight excluding hydrogens is 430 g/mol. The van der Waals surface area contributed by atoms with E-state index in [2.05, 4.69) is 15.5 Å². The monoisotopic (exact) mass is 459 g/mol. The third-order valence-electron chi connectivity index (χ3n) is 6.12. The molecule has 0 radical (unpaired) electrons. The van der Waals surface area contributed by atoms with Crippen LogP contribution >= 0.6 is 11.3 Å². The number of rotatable bonds is 7. The van der Waals surface area contributed by atoms with Crippen LogP contribution in [-0.4, -0.2) is 56.5 Å². The molecule has 1 aliphatic heterocycles. The van der Waals surface area contributed by atoms with Crippen LogP contribution in [0.15, 0.2) is 21.9 Å². The van der Waals surface area contributed by atoms with E-state index in [0.717, 1.165) is 48.3 Å². The van der Waals surface area contributed by atoms with E-state index >= 15 is 0 Å². The molecule has 172 valence electrons. The third-order valence-corrected chi connectivity index (χ3v) is 6.98. The van der Waals surface area contributed by atoms with Crippen LogP contribution in [0.4, 0.5) is 4.79 Å². The number of nitrogens with one attached hydrogen (secondary N) is 1. The van der Waals surface area contributed by atoms with E-state index in [1.807, 2.05) is 24.4 Å². The minimum atomic E-state index is -0.852. The lowest BCUT2D eigenvalue weighted by Crippen LogP contribution is -2.48.